The van der Waals surface area contributed by atoms with E-state index in [9.17, 15) is 19.1 Å². The highest BCUT2D eigenvalue weighted by Crippen LogP contribution is 2.27. The predicted octanol–water partition coefficient (Wildman–Crippen LogP) is 2.04. The maximum atomic E-state index is 13.1. The molecule has 0 saturated carbocycles. The van der Waals surface area contributed by atoms with Crippen LogP contribution in [-0.4, -0.2) is 23.5 Å². The van der Waals surface area contributed by atoms with Crippen LogP contribution >= 0.6 is 0 Å². The van der Waals surface area contributed by atoms with Crippen molar-refractivity contribution < 1.29 is 23.8 Å². The van der Waals surface area contributed by atoms with E-state index in [-0.39, 0.29) is 18.1 Å². The fourth-order valence-electron chi connectivity index (χ4n) is 2.37. The third-order valence-corrected chi connectivity index (χ3v) is 3.40. The molecule has 22 heavy (non-hydrogen) atoms. The van der Waals surface area contributed by atoms with Gasteiger partial charge < -0.3 is 9.84 Å². The first-order valence-electron chi connectivity index (χ1n) is 6.65. The van der Waals surface area contributed by atoms with Crippen molar-refractivity contribution in [3.05, 3.63) is 58.9 Å². The summed E-state index contributed by atoms with van der Waals surface area (Å²) in [5, 5.41) is 11.8. The highest BCUT2D eigenvalue weighted by atomic mass is 19.1. The van der Waals surface area contributed by atoms with Crippen LogP contribution in [0.25, 0.3) is 0 Å². The number of nitrogens with one attached hydrogen (secondary N) is 1. The molecule has 1 aliphatic rings. The minimum Gasteiger partial charge on any atom is -0.504 e. The van der Waals surface area contributed by atoms with Crippen LogP contribution in [0.1, 0.15) is 26.3 Å². The zero-order valence-electron chi connectivity index (χ0n) is 11.4. The van der Waals surface area contributed by atoms with Gasteiger partial charge in [-0.05, 0) is 23.8 Å². The Labute approximate surface area is 125 Å². The summed E-state index contributed by atoms with van der Waals surface area (Å²) < 4.78 is 18.4. The van der Waals surface area contributed by atoms with Crippen molar-refractivity contribution in [1.82, 2.24) is 5.32 Å². The summed E-state index contributed by atoms with van der Waals surface area (Å²) in [6.45, 7) is 0.134. The molecule has 0 aliphatic carbocycles. The second-order valence-corrected chi connectivity index (χ2v) is 4.83. The number of hydrogen-bond donors (Lipinski definition) is 2. The highest BCUT2D eigenvalue weighted by molar-refractivity contribution is 6.22. The predicted molar refractivity (Wildman–Crippen MR) is 75.5 cm³/mol. The number of fused-ring (bicyclic) bond motifs is 1. The molecule has 0 spiro atoms. The normalized spacial score (nSPS) is 13.0. The van der Waals surface area contributed by atoms with Crippen LogP contribution in [0.3, 0.4) is 0 Å². The third kappa shape index (κ3) is 2.50. The topological polar surface area (TPSA) is 75.6 Å². The molecule has 0 aromatic heterocycles. The largest absolute Gasteiger partial charge is 0.504 e. The SMILES string of the molecule is O=C1NC(=O)c2c(CCOc3cc(F)ccc3O)cccc21. The van der Waals surface area contributed by atoms with E-state index in [4.69, 9.17) is 4.74 Å². The van der Waals surface area contributed by atoms with Gasteiger partial charge in [0.25, 0.3) is 11.8 Å². The Balaban J connectivity index is 1.74. The van der Waals surface area contributed by atoms with Crippen LogP contribution < -0.4 is 10.1 Å². The van der Waals surface area contributed by atoms with Gasteiger partial charge in [0.1, 0.15) is 5.82 Å². The fourth-order valence-corrected chi connectivity index (χ4v) is 2.37. The molecule has 5 nitrogen and oxygen atoms in total. The molecule has 2 aromatic carbocycles. The first-order valence-corrected chi connectivity index (χ1v) is 6.65. The van der Waals surface area contributed by atoms with Gasteiger partial charge in [0.2, 0.25) is 0 Å². The maximum absolute atomic E-state index is 13.1. The second kappa shape index (κ2) is 5.48. The monoisotopic (exact) mass is 301 g/mol. The Bertz CT molecular complexity index is 773. The molecule has 0 fully saturated rings. The molecule has 6 heteroatoms. The molecule has 2 N–H and O–H groups in total. The third-order valence-electron chi connectivity index (χ3n) is 3.40. The van der Waals surface area contributed by atoms with E-state index in [0.29, 0.717) is 23.1 Å². The zero-order chi connectivity index (χ0) is 15.7. The summed E-state index contributed by atoms with van der Waals surface area (Å²) in [5.74, 6) is -1.48. The van der Waals surface area contributed by atoms with E-state index < -0.39 is 17.6 Å². The number of aromatic hydroxyl groups is 1. The number of phenolic OH excluding ortho intramolecular Hbond substituents is 1. The first kappa shape index (κ1) is 14.1. The number of imide groups is 1. The number of amides is 2. The standard InChI is InChI=1S/C16H12FNO4/c17-10-4-5-12(19)13(8-10)22-7-6-9-2-1-3-11-14(9)16(21)18-15(11)20/h1-5,8,19H,6-7H2,(H,18,20,21). The van der Waals surface area contributed by atoms with Crippen molar-refractivity contribution in [3.8, 4) is 11.5 Å². The number of carbonyl (C=O) groups excluding carboxylic acids is 2. The van der Waals surface area contributed by atoms with Crippen molar-refractivity contribution in [1.29, 1.82) is 0 Å². The lowest BCUT2D eigenvalue weighted by Gasteiger charge is -2.09. The summed E-state index contributed by atoms with van der Waals surface area (Å²) in [5.41, 5.74) is 1.35. The van der Waals surface area contributed by atoms with Crippen LogP contribution in [0, 0.1) is 5.82 Å². The lowest BCUT2D eigenvalue weighted by atomic mass is 10.0. The summed E-state index contributed by atoms with van der Waals surface area (Å²) in [6.07, 6.45) is 0.347. The minimum atomic E-state index is -0.515. The Morgan fingerprint density at radius 3 is 2.77 bits per heavy atom. The maximum Gasteiger partial charge on any atom is 0.259 e. The quantitative estimate of drug-likeness (QED) is 0.847. The highest BCUT2D eigenvalue weighted by Gasteiger charge is 2.28. The van der Waals surface area contributed by atoms with Crippen molar-refractivity contribution in [2.75, 3.05) is 6.61 Å². The number of benzene rings is 2. The average Bonchev–Trinajstić information content (AvgIpc) is 2.79. The Hall–Kier alpha value is -2.89. The molecule has 0 saturated heterocycles. The second-order valence-electron chi connectivity index (χ2n) is 4.83. The molecule has 1 heterocycles. The number of halogens is 1. The average molecular weight is 301 g/mol. The van der Waals surface area contributed by atoms with Gasteiger partial charge in [0.05, 0.1) is 17.7 Å². The molecule has 112 valence electrons. The number of carbonyl (C=O) groups is 2. The minimum absolute atomic E-state index is 0.0353. The smallest absolute Gasteiger partial charge is 0.259 e. The Morgan fingerprint density at radius 1 is 1.14 bits per heavy atom. The molecule has 0 bridgehead atoms. The van der Waals surface area contributed by atoms with E-state index in [1.807, 2.05) is 0 Å². The van der Waals surface area contributed by atoms with Gasteiger partial charge in [-0.3, -0.25) is 14.9 Å². The molecular formula is C16H12FNO4. The molecule has 0 unspecified atom stereocenters. The summed E-state index contributed by atoms with van der Waals surface area (Å²) in [7, 11) is 0. The van der Waals surface area contributed by atoms with Gasteiger partial charge in [0.15, 0.2) is 11.5 Å². The van der Waals surface area contributed by atoms with E-state index in [0.717, 1.165) is 12.1 Å². The van der Waals surface area contributed by atoms with Crippen molar-refractivity contribution in [3.63, 3.8) is 0 Å². The molecular weight excluding hydrogens is 289 g/mol. The number of ether oxygens (including phenoxy) is 1. The van der Waals surface area contributed by atoms with E-state index in [2.05, 4.69) is 5.32 Å². The van der Waals surface area contributed by atoms with Gasteiger partial charge in [-0.15, -0.1) is 0 Å². The molecule has 3 rings (SSSR count). The molecule has 0 atom stereocenters. The number of phenols is 1. The molecule has 2 amide bonds. The summed E-state index contributed by atoms with van der Waals surface area (Å²) >= 11 is 0. The lowest BCUT2D eigenvalue weighted by molar-refractivity contribution is 0.0879. The summed E-state index contributed by atoms with van der Waals surface area (Å²) in [4.78, 5) is 23.3. The summed E-state index contributed by atoms with van der Waals surface area (Å²) in [6, 6.07) is 8.41. The van der Waals surface area contributed by atoms with Gasteiger partial charge in [-0.25, -0.2) is 4.39 Å². The number of hydrogen-bond acceptors (Lipinski definition) is 4. The van der Waals surface area contributed by atoms with E-state index in [1.165, 1.54) is 6.07 Å². The molecule has 0 radical (unpaired) electrons. The van der Waals surface area contributed by atoms with Crippen LogP contribution in [0.15, 0.2) is 36.4 Å². The Kier molecular flexibility index (Phi) is 3.50. The van der Waals surface area contributed by atoms with Crippen molar-refractivity contribution in [2.45, 2.75) is 6.42 Å². The first-order chi connectivity index (χ1) is 10.6. The van der Waals surface area contributed by atoms with Gasteiger partial charge in [-0.2, -0.15) is 0 Å². The van der Waals surface area contributed by atoms with Crippen LogP contribution in [0.4, 0.5) is 4.39 Å². The Morgan fingerprint density at radius 2 is 1.95 bits per heavy atom. The van der Waals surface area contributed by atoms with Crippen molar-refractivity contribution >= 4 is 11.8 Å². The van der Waals surface area contributed by atoms with Gasteiger partial charge in [0, 0.05) is 12.5 Å². The van der Waals surface area contributed by atoms with Crippen LogP contribution in [0.2, 0.25) is 0 Å². The lowest BCUT2D eigenvalue weighted by Crippen LogP contribution is -2.20. The van der Waals surface area contributed by atoms with Gasteiger partial charge in [-0.1, -0.05) is 12.1 Å². The van der Waals surface area contributed by atoms with E-state index in [1.54, 1.807) is 18.2 Å². The number of rotatable bonds is 4. The van der Waals surface area contributed by atoms with E-state index >= 15 is 0 Å². The fraction of sp³-hybridized carbons (Fsp3) is 0.125. The molecule has 2 aromatic rings. The molecule has 1 aliphatic heterocycles. The van der Waals surface area contributed by atoms with Gasteiger partial charge >= 0.3 is 0 Å². The zero-order valence-corrected chi connectivity index (χ0v) is 11.4. The van der Waals surface area contributed by atoms with Crippen LogP contribution in [-0.2, 0) is 6.42 Å². The van der Waals surface area contributed by atoms with Crippen molar-refractivity contribution in [2.24, 2.45) is 0 Å². The van der Waals surface area contributed by atoms with Crippen LogP contribution in [0.5, 0.6) is 11.5 Å².